The summed E-state index contributed by atoms with van der Waals surface area (Å²) in [5.41, 5.74) is -1.16. The minimum absolute atomic E-state index is 0.0297. The molecule has 1 N–H and O–H groups in total. The number of ether oxygens (including phenoxy) is 2. The van der Waals surface area contributed by atoms with Crippen LogP contribution in [0.4, 0.5) is 16.2 Å². The van der Waals surface area contributed by atoms with Gasteiger partial charge in [0, 0.05) is 22.9 Å². The number of hydrogen-bond donors (Lipinski definition) is 1. The van der Waals surface area contributed by atoms with Crippen molar-refractivity contribution in [3.05, 3.63) is 48.5 Å². The van der Waals surface area contributed by atoms with Crippen LogP contribution in [0.2, 0.25) is 0 Å². The summed E-state index contributed by atoms with van der Waals surface area (Å²) in [6.07, 6.45) is 5.33. The van der Waals surface area contributed by atoms with Gasteiger partial charge in [0.15, 0.2) is 17.5 Å². The summed E-state index contributed by atoms with van der Waals surface area (Å²) >= 11 is 1.57. The normalized spacial score (nSPS) is 17.4. The van der Waals surface area contributed by atoms with E-state index in [9.17, 15) is 22.8 Å². The summed E-state index contributed by atoms with van der Waals surface area (Å²) in [6.45, 7) is 12.0. The number of aliphatic imine (C=N–C) groups is 1. The Morgan fingerprint density at radius 2 is 1.67 bits per heavy atom. The van der Waals surface area contributed by atoms with Crippen LogP contribution in [0.1, 0.15) is 86.5 Å². The highest BCUT2D eigenvalue weighted by atomic mass is 32.2. The molecule has 14 heteroatoms. The van der Waals surface area contributed by atoms with E-state index in [0.29, 0.717) is 34.7 Å². The number of amidine groups is 1. The standard InChI is InChI=1S/C35H48N4O8S2/c1-7-9-10-15-22-45-23-16-24-46-39-30(36-26-18-12-14-20-28(26)49(39,43)44)29(38-32(41)35(5,6)47-33(38)42)31(40)37-25-17-11-13-19-27(25)48-34(3,4)21-8-2/h11-14,17-20,29H,7-10,15-16,21-24H2,1-6H3,(H,37,40). The molecule has 0 radical (unpaired) electrons. The molecule has 2 heterocycles. The SMILES string of the molecule is CCCCCCOCCCON1C(C(C(=O)Nc2ccccc2SC(C)(C)CCC)N2C(=O)OC(C)(C)C2=O)=Nc2ccccc2S1(=O)=O. The zero-order chi connectivity index (χ0) is 35.8. The molecule has 12 nitrogen and oxygen atoms in total. The van der Waals surface area contributed by atoms with Crippen LogP contribution in [-0.4, -0.2) is 77.7 Å². The van der Waals surface area contributed by atoms with Crippen LogP contribution in [0, 0.1) is 0 Å². The number of carbonyl (C=O) groups is 3. The second-order valence-electron chi connectivity index (χ2n) is 13.1. The Labute approximate surface area is 293 Å². The molecule has 0 aliphatic carbocycles. The predicted molar refractivity (Wildman–Crippen MR) is 189 cm³/mol. The molecule has 1 unspecified atom stereocenters. The first-order valence-corrected chi connectivity index (χ1v) is 19.1. The summed E-state index contributed by atoms with van der Waals surface area (Å²) < 4.78 is 39.6. The van der Waals surface area contributed by atoms with Crippen molar-refractivity contribution in [3.8, 4) is 0 Å². The van der Waals surface area contributed by atoms with Crippen LogP contribution in [0.5, 0.6) is 0 Å². The van der Waals surface area contributed by atoms with Crippen molar-refractivity contribution >= 4 is 56.9 Å². The zero-order valence-electron chi connectivity index (χ0n) is 29.2. The zero-order valence-corrected chi connectivity index (χ0v) is 30.8. The molecular formula is C35H48N4O8S2. The van der Waals surface area contributed by atoms with Gasteiger partial charge in [-0.25, -0.2) is 14.7 Å². The van der Waals surface area contributed by atoms with Crippen molar-refractivity contribution in [2.24, 2.45) is 4.99 Å². The number of nitrogens with one attached hydrogen (secondary N) is 1. The molecule has 1 saturated heterocycles. The number of imide groups is 1. The molecule has 2 aliphatic heterocycles. The van der Waals surface area contributed by atoms with E-state index in [-0.39, 0.29) is 21.9 Å². The molecule has 0 bridgehead atoms. The molecule has 2 aromatic carbocycles. The van der Waals surface area contributed by atoms with Crippen LogP contribution in [0.3, 0.4) is 0 Å². The van der Waals surface area contributed by atoms with Gasteiger partial charge in [0.1, 0.15) is 4.90 Å². The lowest BCUT2D eigenvalue weighted by Crippen LogP contribution is -2.58. The van der Waals surface area contributed by atoms with Gasteiger partial charge in [-0.05, 0) is 57.4 Å². The lowest BCUT2D eigenvalue weighted by molar-refractivity contribution is -0.138. The largest absolute Gasteiger partial charge is 0.433 e. The maximum Gasteiger partial charge on any atom is 0.418 e. The highest BCUT2D eigenvalue weighted by Crippen LogP contribution is 2.40. The fourth-order valence-corrected chi connectivity index (χ4v) is 8.23. The summed E-state index contributed by atoms with van der Waals surface area (Å²) in [7, 11) is -4.46. The van der Waals surface area contributed by atoms with Gasteiger partial charge in [-0.15, -0.1) is 16.2 Å². The average molecular weight is 717 g/mol. The number of thioether (sulfide) groups is 1. The Hall–Kier alpha value is -3.46. The van der Waals surface area contributed by atoms with Gasteiger partial charge in [-0.3, -0.25) is 14.4 Å². The lowest BCUT2D eigenvalue weighted by atomic mass is 10.1. The van der Waals surface area contributed by atoms with Gasteiger partial charge in [-0.1, -0.05) is 77.6 Å². The van der Waals surface area contributed by atoms with Gasteiger partial charge in [-0.2, -0.15) is 8.42 Å². The number of rotatable bonds is 18. The average Bonchev–Trinajstić information content (AvgIpc) is 3.23. The number of sulfonamides is 1. The Morgan fingerprint density at radius 3 is 2.37 bits per heavy atom. The topological polar surface area (TPSA) is 144 Å². The van der Waals surface area contributed by atoms with Crippen molar-refractivity contribution < 1.29 is 37.1 Å². The number of fused-ring (bicyclic) bond motifs is 1. The summed E-state index contributed by atoms with van der Waals surface area (Å²) in [6, 6.07) is 11.3. The molecule has 1 atom stereocenters. The van der Waals surface area contributed by atoms with E-state index < -0.39 is 45.4 Å². The molecule has 1 fully saturated rings. The fraction of sp³-hybridized carbons (Fsp3) is 0.543. The van der Waals surface area contributed by atoms with Crippen LogP contribution >= 0.6 is 11.8 Å². The Balaban J connectivity index is 1.71. The van der Waals surface area contributed by atoms with Crippen LogP contribution in [-0.2, 0) is 33.9 Å². The fourth-order valence-electron chi connectivity index (χ4n) is 5.55. The molecule has 2 aromatic rings. The van der Waals surface area contributed by atoms with Crippen molar-refractivity contribution in [2.75, 3.05) is 25.1 Å². The first-order valence-electron chi connectivity index (χ1n) is 16.8. The van der Waals surface area contributed by atoms with E-state index in [1.807, 2.05) is 12.1 Å². The summed E-state index contributed by atoms with van der Waals surface area (Å²) in [5.74, 6) is -2.18. The van der Waals surface area contributed by atoms with Crippen LogP contribution in [0.25, 0.3) is 0 Å². The van der Waals surface area contributed by atoms with Crippen LogP contribution in [0.15, 0.2) is 63.3 Å². The Morgan fingerprint density at radius 1 is 0.980 bits per heavy atom. The number of amides is 3. The maximum atomic E-state index is 14.4. The smallest absolute Gasteiger partial charge is 0.418 e. The first kappa shape index (κ1) is 38.3. The van der Waals surface area contributed by atoms with E-state index in [1.54, 1.807) is 36.0 Å². The number of benzene rings is 2. The highest BCUT2D eigenvalue weighted by Gasteiger charge is 2.56. The van der Waals surface area contributed by atoms with E-state index >= 15 is 0 Å². The van der Waals surface area contributed by atoms with Crippen molar-refractivity contribution in [3.63, 3.8) is 0 Å². The first-order chi connectivity index (χ1) is 23.2. The second kappa shape index (κ2) is 16.5. The van der Waals surface area contributed by atoms with Crippen molar-refractivity contribution in [2.45, 2.75) is 113 Å². The monoisotopic (exact) mass is 716 g/mol. The molecular weight excluding hydrogens is 669 g/mol. The minimum atomic E-state index is -4.46. The van der Waals surface area contributed by atoms with E-state index in [4.69, 9.17) is 14.3 Å². The third kappa shape index (κ3) is 9.21. The maximum absolute atomic E-state index is 14.4. The number of unbranched alkanes of at least 4 members (excludes halogenated alkanes) is 3. The number of para-hydroxylation sites is 2. The third-order valence-corrected chi connectivity index (χ3v) is 10.9. The number of carbonyl (C=O) groups excluding carboxylic acids is 3. The molecule has 2 aliphatic rings. The molecule has 268 valence electrons. The highest BCUT2D eigenvalue weighted by molar-refractivity contribution is 8.00. The minimum Gasteiger partial charge on any atom is -0.433 e. The molecule has 3 amide bonds. The van der Waals surface area contributed by atoms with Gasteiger partial charge in [0.25, 0.3) is 21.8 Å². The molecule has 0 spiro atoms. The van der Waals surface area contributed by atoms with Crippen molar-refractivity contribution in [1.82, 2.24) is 9.37 Å². The Bertz CT molecular complexity index is 1640. The predicted octanol–water partition coefficient (Wildman–Crippen LogP) is 7.08. The van der Waals surface area contributed by atoms with Gasteiger partial charge >= 0.3 is 6.09 Å². The second-order valence-corrected chi connectivity index (χ2v) is 16.6. The molecule has 4 rings (SSSR count). The number of hydrogen-bond acceptors (Lipinski definition) is 10. The van der Waals surface area contributed by atoms with Gasteiger partial charge in [0.2, 0.25) is 0 Å². The number of anilines is 1. The third-order valence-electron chi connectivity index (χ3n) is 7.97. The quantitative estimate of drug-likeness (QED) is 0.126. The van der Waals surface area contributed by atoms with Gasteiger partial charge in [0.05, 0.1) is 18.0 Å². The van der Waals surface area contributed by atoms with E-state index in [0.717, 1.165) is 43.4 Å². The lowest BCUT2D eigenvalue weighted by Gasteiger charge is -2.34. The Kier molecular flexibility index (Phi) is 12.9. The summed E-state index contributed by atoms with van der Waals surface area (Å²) in [5, 5.41) is 2.86. The van der Waals surface area contributed by atoms with E-state index in [2.05, 4.69) is 38.0 Å². The van der Waals surface area contributed by atoms with Crippen molar-refractivity contribution in [1.29, 1.82) is 0 Å². The molecule has 49 heavy (non-hydrogen) atoms. The number of cyclic esters (lactones) is 1. The van der Waals surface area contributed by atoms with E-state index in [1.165, 1.54) is 26.0 Å². The van der Waals surface area contributed by atoms with Gasteiger partial charge < -0.3 is 14.8 Å². The number of hydroxylamine groups is 1. The molecule has 0 saturated carbocycles. The number of nitrogens with zero attached hydrogens (tertiary/aromatic N) is 3. The summed E-state index contributed by atoms with van der Waals surface area (Å²) in [4.78, 5) is 53.0. The molecule has 0 aromatic heterocycles. The van der Waals surface area contributed by atoms with Crippen LogP contribution < -0.4 is 5.32 Å².